The second-order valence-electron chi connectivity index (χ2n) is 7.11. The second kappa shape index (κ2) is 14.3. The first-order chi connectivity index (χ1) is 11.8. The molecule has 0 saturated carbocycles. The summed E-state index contributed by atoms with van der Waals surface area (Å²) in [6.07, 6.45) is 18.9. The van der Waals surface area contributed by atoms with E-state index in [-0.39, 0.29) is 12.4 Å². The molecule has 24 heavy (non-hydrogen) atoms. The molecule has 0 amide bonds. The number of hydrogen-bond donors (Lipinski definition) is 2. The van der Waals surface area contributed by atoms with Gasteiger partial charge in [0.2, 0.25) is 0 Å². The van der Waals surface area contributed by atoms with Gasteiger partial charge in [-0.2, -0.15) is 0 Å². The number of aliphatic hydroxyl groups excluding tert-OH is 1. The van der Waals surface area contributed by atoms with Crippen molar-refractivity contribution < 1.29 is 10.2 Å². The molecule has 2 nitrogen and oxygen atoms in total. The van der Waals surface area contributed by atoms with Gasteiger partial charge >= 0.3 is 0 Å². The lowest BCUT2D eigenvalue weighted by Gasteiger charge is -2.06. The zero-order valence-corrected chi connectivity index (χ0v) is 15.7. The van der Waals surface area contributed by atoms with Gasteiger partial charge in [0.05, 0.1) is 6.61 Å². The van der Waals surface area contributed by atoms with Gasteiger partial charge in [0, 0.05) is 5.56 Å². The number of rotatable bonds is 15. The van der Waals surface area contributed by atoms with E-state index in [2.05, 4.69) is 6.92 Å². The van der Waals surface area contributed by atoms with Crippen molar-refractivity contribution in [3.05, 3.63) is 29.3 Å². The SMILES string of the molecule is CCCCCCCCCCCCCCCc1ccc(CO)c(O)c1. The second-order valence-corrected chi connectivity index (χ2v) is 7.11. The Morgan fingerprint density at radius 2 is 1.21 bits per heavy atom. The number of aryl methyl sites for hydroxylation is 1. The summed E-state index contributed by atoms with van der Waals surface area (Å²) < 4.78 is 0. The Labute approximate surface area is 149 Å². The van der Waals surface area contributed by atoms with E-state index < -0.39 is 0 Å². The van der Waals surface area contributed by atoms with Gasteiger partial charge < -0.3 is 10.2 Å². The van der Waals surface area contributed by atoms with Crippen LogP contribution in [0.15, 0.2) is 18.2 Å². The third kappa shape index (κ3) is 9.97. The summed E-state index contributed by atoms with van der Waals surface area (Å²) in [7, 11) is 0. The molecule has 0 radical (unpaired) electrons. The molecule has 1 rings (SSSR count). The molecule has 0 unspecified atom stereocenters. The quantitative estimate of drug-likeness (QED) is 0.358. The van der Waals surface area contributed by atoms with Gasteiger partial charge in [-0.3, -0.25) is 0 Å². The van der Waals surface area contributed by atoms with Crippen LogP contribution in [0.4, 0.5) is 0 Å². The molecular formula is C22H38O2. The van der Waals surface area contributed by atoms with Crippen molar-refractivity contribution in [2.75, 3.05) is 0 Å². The van der Waals surface area contributed by atoms with Gasteiger partial charge in [0.25, 0.3) is 0 Å². The third-order valence-electron chi connectivity index (χ3n) is 4.89. The number of aromatic hydroxyl groups is 1. The number of phenols is 1. The van der Waals surface area contributed by atoms with E-state index in [4.69, 9.17) is 5.11 Å². The first-order valence-corrected chi connectivity index (χ1v) is 10.2. The highest BCUT2D eigenvalue weighted by atomic mass is 16.3. The largest absolute Gasteiger partial charge is 0.508 e. The lowest BCUT2D eigenvalue weighted by atomic mass is 10.0. The predicted octanol–water partition coefficient (Wildman–Crippen LogP) is 6.52. The van der Waals surface area contributed by atoms with E-state index in [1.165, 1.54) is 89.0 Å². The third-order valence-corrected chi connectivity index (χ3v) is 4.89. The summed E-state index contributed by atoms with van der Waals surface area (Å²) in [4.78, 5) is 0. The maximum absolute atomic E-state index is 9.74. The average molecular weight is 335 g/mol. The highest BCUT2D eigenvalue weighted by molar-refractivity contribution is 5.35. The van der Waals surface area contributed by atoms with Crippen LogP contribution in [0.1, 0.15) is 102 Å². The maximum Gasteiger partial charge on any atom is 0.121 e. The Kier molecular flexibility index (Phi) is 12.6. The lowest BCUT2D eigenvalue weighted by molar-refractivity contribution is 0.275. The summed E-state index contributed by atoms with van der Waals surface area (Å²) in [6, 6.07) is 5.64. The molecule has 0 aliphatic heterocycles. The van der Waals surface area contributed by atoms with Crippen LogP contribution >= 0.6 is 0 Å². The van der Waals surface area contributed by atoms with E-state index in [0.29, 0.717) is 5.56 Å². The molecule has 0 aliphatic rings. The Hall–Kier alpha value is -1.02. The lowest BCUT2D eigenvalue weighted by Crippen LogP contribution is -1.90. The van der Waals surface area contributed by atoms with Crippen molar-refractivity contribution in [1.82, 2.24) is 0 Å². The Morgan fingerprint density at radius 3 is 1.67 bits per heavy atom. The molecule has 0 saturated heterocycles. The van der Waals surface area contributed by atoms with Gasteiger partial charge in [0.15, 0.2) is 0 Å². The van der Waals surface area contributed by atoms with E-state index in [1.807, 2.05) is 12.1 Å². The van der Waals surface area contributed by atoms with Gasteiger partial charge in [-0.15, -0.1) is 0 Å². The van der Waals surface area contributed by atoms with Crippen molar-refractivity contribution in [2.24, 2.45) is 0 Å². The standard InChI is InChI=1S/C22H38O2/c1-2-3-4-5-6-7-8-9-10-11-12-13-14-15-20-16-17-21(19-23)22(24)18-20/h16-18,23-24H,2-15,19H2,1H3. The van der Waals surface area contributed by atoms with Crippen LogP contribution in [0.2, 0.25) is 0 Å². The average Bonchev–Trinajstić information content (AvgIpc) is 2.59. The molecule has 0 spiro atoms. The maximum atomic E-state index is 9.74. The minimum Gasteiger partial charge on any atom is -0.508 e. The smallest absolute Gasteiger partial charge is 0.121 e. The fourth-order valence-electron chi connectivity index (χ4n) is 3.25. The molecule has 2 heteroatoms. The number of benzene rings is 1. The molecule has 1 aromatic carbocycles. The summed E-state index contributed by atoms with van der Waals surface area (Å²) in [5.74, 6) is 0.227. The van der Waals surface area contributed by atoms with Crippen molar-refractivity contribution in [2.45, 2.75) is 103 Å². The minimum atomic E-state index is -0.0924. The van der Waals surface area contributed by atoms with E-state index in [1.54, 1.807) is 6.07 Å². The zero-order chi connectivity index (χ0) is 17.5. The molecule has 0 bridgehead atoms. The molecule has 0 aromatic heterocycles. The fraction of sp³-hybridized carbons (Fsp3) is 0.727. The van der Waals surface area contributed by atoms with Gasteiger partial charge in [-0.1, -0.05) is 96.1 Å². The fourth-order valence-corrected chi connectivity index (χ4v) is 3.25. The van der Waals surface area contributed by atoms with Crippen LogP contribution in [0.25, 0.3) is 0 Å². The van der Waals surface area contributed by atoms with Crippen molar-refractivity contribution in [3.63, 3.8) is 0 Å². The molecular weight excluding hydrogens is 296 g/mol. The van der Waals surface area contributed by atoms with Crippen LogP contribution < -0.4 is 0 Å². The van der Waals surface area contributed by atoms with E-state index in [9.17, 15) is 5.11 Å². The predicted molar refractivity (Wildman–Crippen MR) is 103 cm³/mol. The summed E-state index contributed by atoms with van der Waals surface area (Å²) >= 11 is 0. The summed E-state index contributed by atoms with van der Waals surface area (Å²) in [6.45, 7) is 2.18. The number of hydrogen-bond acceptors (Lipinski definition) is 2. The first-order valence-electron chi connectivity index (χ1n) is 10.2. The van der Waals surface area contributed by atoms with Gasteiger partial charge in [-0.05, 0) is 24.5 Å². The van der Waals surface area contributed by atoms with Crippen molar-refractivity contribution in [1.29, 1.82) is 0 Å². The normalized spacial score (nSPS) is 11.1. The minimum absolute atomic E-state index is 0.0924. The van der Waals surface area contributed by atoms with Crippen molar-refractivity contribution >= 4 is 0 Å². The topological polar surface area (TPSA) is 40.5 Å². The molecule has 0 fully saturated rings. The Morgan fingerprint density at radius 1 is 0.708 bits per heavy atom. The molecule has 0 aliphatic carbocycles. The van der Waals surface area contributed by atoms with E-state index in [0.717, 1.165) is 6.42 Å². The zero-order valence-electron chi connectivity index (χ0n) is 15.7. The molecule has 0 atom stereocenters. The number of unbranched alkanes of at least 4 members (excludes halogenated alkanes) is 12. The highest BCUT2D eigenvalue weighted by Crippen LogP contribution is 2.20. The van der Waals surface area contributed by atoms with Crippen LogP contribution in [-0.2, 0) is 13.0 Å². The van der Waals surface area contributed by atoms with Gasteiger partial charge in [0.1, 0.15) is 5.75 Å². The highest BCUT2D eigenvalue weighted by Gasteiger charge is 2.01. The molecule has 1 aromatic rings. The monoisotopic (exact) mass is 334 g/mol. The Balaban J connectivity index is 1.89. The summed E-state index contributed by atoms with van der Waals surface area (Å²) in [5, 5.41) is 18.8. The number of aliphatic hydroxyl groups is 1. The molecule has 0 heterocycles. The van der Waals surface area contributed by atoms with Crippen molar-refractivity contribution in [3.8, 4) is 5.75 Å². The Bertz CT molecular complexity index is 414. The van der Waals surface area contributed by atoms with Crippen LogP contribution in [0.5, 0.6) is 5.75 Å². The van der Waals surface area contributed by atoms with Crippen LogP contribution in [0.3, 0.4) is 0 Å². The molecule has 138 valence electrons. The molecule has 2 N–H and O–H groups in total. The summed E-state index contributed by atoms with van der Waals surface area (Å²) in [5.41, 5.74) is 1.79. The van der Waals surface area contributed by atoms with Crippen LogP contribution in [-0.4, -0.2) is 10.2 Å². The van der Waals surface area contributed by atoms with E-state index >= 15 is 0 Å². The van der Waals surface area contributed by atoms with Gasteiger partial charge in [-0.25, -0.2) is 0 Å². The van der Waals surface area contributed by atoms with Crippen LogP contribution in [0, 0.1) is 0 Å². The first kappa shape index (κ1) is 21.0.